The van der Waals surface area contributed by atoms with Gasteiger partial charge in [0.25, 0.3) is 23.6 Å². The van der Waals surface area contributed by atoms with Crippen LogP contribution in [0, 0.1) is 0 Å². The van der Waals surface area contributed by atoms with E-state index in [1.54, 1.807) is 84.9 Å². The lowest BCUT2D eigenvalue weighted by molar-refractivity contribution is -0.121. The van der Waals surface area contributed by atoms with Crippen molar-refractivity contribution in [1.29, 1.82) is 0 Å². The van der Waals surface area contributed by atoms with Crippen LogP contribution in [0.2, 0.25) is 0 Å². The number of aryl methyl sites for hydroxylation is 2. The molecule has 2 aliphatic carbocycles. The highest BCUT2D eigenvalue weighted by Gasteiger charge is 2.28. The molecule has 0 unspecified atom stereocenters. The number of anilines is 4. The third kappa shape index (κ3) is 13.5. The second-order valence-corrected chi connectivity index (χ2v) is 20.9. The van der Waals surface area contributed by atoms with Crippen LogP contribution in [0.1, 0.15) is 57.5 Å². The van der Waals surface area contributed by atoms with Gasteiger partial charge in [-0.05, 0) is 157 Å². The minimum Gasteiger partial charge on any atom is -0.508 e. The zero-order valence-corrected chi connectivity index (χ0v) is 47.4. The number of carboxylic acid groups (broad SMARTS) is 2. The number of carbonyl (C=O) groups excluding carboxylic acids is 6. The second-order valence-electron chi connectivity index (χ2n) is 20.4. The van der Waals surface area contributed by atoms with Gasteiger partial charge in [0.2, 0.25) is 11.1 Å². The molecule has 4 heterocycles. The zero-order chi connectivity index (χ0) is 63.2. The minimum absolute atomic E-state index is 0.000548. The Bertz CT molecular complexity index is 4630. The molecule has 12 rings (SSSR count). The van der Waals surface area contributed by atoms with Crippen LogP contribution in [-0.4, -0.2) is 67.1 Å². The Morgan fingerprint density at radius 2 is 0.888 bits per heavy atom. The Balaban J connectivity index is 0.000000163. The van der Waals surface area contributed by atoms with Crippen molar-refractivity contribution in [2.45, 2.75) is 38.5 Å². The number of aromatic carboxylic acids is 2. The SMILES string of the molecule is Nc1ccc(-c2c3ccc(=O)cc-3oc3cc(O)ccc23)c(C(=O)O)c1.O=C(CCCc1ccc(N2C(=O)C=CC2=O)cc1)Nc1ccc(-c2c3ccc(=O)cc-3oc3cc(O)ccc23)c(C(=O)O)c1.O=C(Cl)CCCc1ccc(N2C(=O)C=CC2=O)cc1. The number of nitrogens with two attached hydrogens (primary N) is 1. The first-order valence-corrected chi connectivity index (χ1v) is 27.8. The number of fused-ring (bicyclic) bond motifs is 4. The predicted octanol–water partition coefficient (Wildman–Crippen LogP) is 11.1. The Kier molecular flexibility index (Phi) is 17.5. The molecule has 6 aromatic rings. The van der Waals surface area contributed by atoms with Gasteiger partial charge >= 0.3 is 11.9 Å². The lowest BCUT2D eigenvalue weighted by Gasteiger charge is -2.17. The summed E-state index contributed by atoms with van der Waals surface area (Å²) in [6, 6.07) is 40.9. The summed E-state index contributed by atoms with van der Waals surface area (Å²) in [6.07, 6.45) is 7.98. The number of aromatic hydroxyl groups is 2. The number of phenols is 2. The molecule has 20 nitrogen and oxygen atoms in total. The van der Waals surface area contributed by atoms with Crippen LogP contribution in [0.4, 0.5) is 22.7 Å². The Hall–Kier alpha value is -11.8. The molecule has 7 N–H and O–H groups in total. The van der Waals surface area contributed by atoms with Crippen molar-refractivity contribution in [3.8, 4) is 56.4 Å². The Morgan fingerprint density at radius 1 is 0.472 bits per heavy atom. The molecule has 0 atom stereocenters. The summed E-state index contributed by atoms with van der Waals surface area (Å²) in [5, 5.41) is 43.1. The normalized spacial score (nSPS) is 12.6. The minimum atomic E-state index is -1.21. The van der Waals surface area contributed by atoms with Crippen LogP contribution >= 0.6 is 11.6 Å². The number of hydrogen-bond acceptors (Lipinski definition) is 15. The molecule has 0 spiro atoms. The standard InChI is InChI=1S/C34H24N2O8.C20H13NO5.C14H12ClNO3/c37-22-9-12-25-28(17-22)44-29-18-23(38)10-13-26(29)33(25)24-11-6-20(16-27(24)34(42)43)35-30(39)3-1-2-19-4-7-21(8-5-19)36-31(40)14-15-32(36)41;21-10-1-4-13(16(7-10)20(24)25)19-14-5-2-11(22)8-17(14)26-18-9-12(23)3-6-15(18)19;15-12(17)3-1-2-10-4-6-11(7-5-10)16-13(18)8-9-14(16)19/h4-18,37H,1-3H2,(H,35,39)(H,42,43);1-9,22H,21H2,(H,24,25);4-9H,1-3H2. The first-order valence-electron chi connectivity index (χ1n) is 27.4. The van der Waals surface area contributed by atoms with Gasteiger partial charge in [-0.25, -0.2) is 19.4 Å². The van der Waals surface area contributed by atoms with Crippen LogP contribution in [0.15, 0.2) is 200 Å². The fourth-order valence-electron chi connectivity index (χ4n) is 10.3. The van der Waals surface area contributed by atoms with Gasteiger partial charge in [0.15, 0.2) is 10.9 Å². The van der Waals surface area contributed by atoms with Gasteiger partial charge in [0.1, 0.15) is 34.2 Å². The summed E-state index contributed by atoms with van der Waals surface area (Å²) in [6.45, 7) is 0. The topological polar surface area (TPSA) is 322 Å². The van der Waals surface area contributed by atoms with Crippen molar-refractivity contribution < 1.29 is 67.6 Å². The molecule has 0 saturated carbocycles. The summed E-state index contributed by atoms with van der Waals surface area (Å²) in [4.78, 5) is 120. The average molecular weight is 1210 g/mol. The van der Waals surface area contributed by atoms with Crippen molar-refractivity contribution in [3.05, 3.63) is 225 Å². The maximum absolute atomic E-state index is 12.7. The van der Waals surface area contributed by atoms with Crippen LogP contribution < -0.4 is 31.7 Å². The van der Waals surface area contributed by atoms with Crippen molar-refractivity contribution in [2.75, 3.05) is 20.9 Å². The van der Waals surface area contributed by atoms with E-state index in [2.05, 4.69) is 5.32 Å². The number of phenolic OH excluding ortho intramolecular Hbond substituents is 2. The van der Waals surface area contributed by atoms with E-state index in [1.165, 1.54) is 85.0 Å². The van der Waals surface area contributed by atoms with Crippen LogP contribution in [0.5, 0.6) is 11.5 Å². The number of benzene rings is 8. The quantitative estimate of drug-likeness (QED) is 0.0240. The van der Waals surface area contributed by atoms with Crippen molar-refractivity contribution >= 4 is 103 Å². The number of nitrogens with one attached hydrogen (secondary N) is 1. The van der Waals surface area contributed by atoms with Gasteiger partial charge in [-0.3, -0.25) is 38.4 Å². The zero-order valence-electron chi connectivity index (χ0n) is 46.6. The number of halogens is 1. The molecule has 4 aliphatic heterocycles. The highest BCUT2D eigenvalue weighted by Crippen LogP contribution is 2.44. The van der Waals surface area contributed by atoms with E-state index < -0.39 is 23.8 Å². The summed E-state index contributed by atoms with van der Waals surface area (Å²) < 4.78 is 11.6. The van der Waals surface area contributed by atoms with Crippen LogP contribution in [0.25, 0.3) is 66.8 Å². The van der Waals surface area contributed by atoms with Gasteiger partial charge in [-0.2, -0.15) is 0 Å². The largest absolute Gasteiger partial charge is 0.508 e. The van der Waals surface area contributed by atoms with Gasteiger partial charge in [-0.15, -0.1) is 0 Å². The molecular weight excluding hydrogens is 1160 g/mol. The molecule has 0 bridgehead atoms. The molecule has 21 heteroatoms. The molecule has 6 aliphatic rings. The van der Waals surface area contributed by atoms with Crippen LogP contribution in [0.3, 0.4) is 0 Å². The van der Waals surface area contributed by atoms with E-state index in [0.29, 0.717) is 104 Å². The van der Waals surface area contributed by atoms with Gasteiger partial charge in [-0.1, -0.05) is 36.4 Å². The number of amides is 5. The lowest BCUT2D eigenvalue weighted by atomic mass is 9.90. The molecule has 0 radical (unpaired) electrons. The Morgan fingerprint density at radius 3 is 1.33 bits per heavy atom. The highest BCUT2D eigenvalue weighted by atomic mass is 35.5. The first-order chi connectivity index (χ1) is 42.7. The smallest absolute Gasteiger partial charge is 0.336 e. The van der Waals surface area contributed by atoms with Crippen molar-refractivity contribution in [1.82, 2.24) is 0 Å². The summed E-state index contributed by atoms with van der Waals surface area (Å²) in [5.41, 5.74) is 12.5. The second kappa shape index (κ2) is 25.8. The number of nitrogen functional groups attached to an aromatic ring is 1. The van der Waals surface area contributed by atoms with Crippen LogP contribution in [-0.2, 0) is 41.6 Å². The number of carboxylic acids is 2. The molecule has 444 valence electrons. The summed E-state index contributed by atoms with van der Waals surface area (Å²) in [7, 11) is 0. The fourth-order valence-corrected chi connectivity index (χ4v) is 10.4. The number of carbonyl (C=O) groups is 8. The maximum atomic E-state index is 12.7. The number of rotatable bonds is 15. The fraction of sp³-hybridized carbons (Fsp3) is 0.0882. The monoisotopic (exact) mass is 1210 g/mol. The van der Waals surface area contributed by atoms with Gasteiger partial charge in [0.05, 0.1) is 22.5 Å². The van der Waals surface area contributed by atoms with Gasteiger partial charge in [0, 0.05) is 106 Å². The third-order valence-corrected chi connectivity index (χ3v) is 14.6. The van der Waals surface area contributed by atoms with E-state index in [4.69, 9.17) is 26.2 Å². The van der Waals surface area contributed by atoms with E-state index in [0.717, 1.165) is 27.3 Å². The predicted molar refractivity (Wildman–Crippen MR) is 332 cm³/mol. The molecule has 89 heavy (non-hydrogen) atoms. The van der Waals surface area contributed by atoms with Crippen molar-refractivity contribution in [2.24, 2.45) is 0 Å². The molecule has 6 aromatic carbocycles. The molecule has 0 aromatic heterocycles. The number of imide groups is 2. The third-order valence-electron chi connectivity index (χ3n) is 14.4. The molecular formula is C68H49ClN4O16. The molecule has 5 amide bonds. The van der Waals surface area contributed by atoms with Crippen molar-refractivity contribution in [3.63, 3.8) is 0 Å². The van der Waals surface area contributed by atoms with E-state index in [-0.39, 0.29) is 74.2 Å². The highest BCUT2D eigenvalue weighted by molar-refractivity contribution is 6.63. The Labute approximate surface area is 508 Å². The average Bonchev–Trinajstić information content (AvgIpc) is 1.47. The lowest BCUT2D eigenvalue weighted by Crippen LogP contribution is -2.29. The first kappa shape index (κ1) is 60.4. The van der Waals surface area contributed by atoms with E-state index in [9.17, 15) is 68.4 Å². The van der Waals surface area contributed by atoms with Gasteiger partial charge < -0.3 is 40.3 Å². The molecule has 0 fully saturated rings. The summed E-state index contributed by atoms with van der Waals surface area (Å²) in [5.74, 6) is -3.57. The van der Waals surface area contributed by atoms with E-state index in [1.807, 2.05) is 12.1 Å². The number of nitrogens with zero attached hydrogens (tertiary/aromatic N) is 2. The number of hydrogen-bond donors (Lipinski definition) is 6. The summed E-state index contributed by atoms with van der Waals surface area (Å²) >= 11 is 5.26. The van der Waals surface area contributed by atoms with E-state index >= 15 is 0 Å². The maximum Gasteiger partial charge on any atom is 0.336 e. The molecule has 0 saturated heterocycles.